The number of nitrogens with two attached hydrogens (primary N) is 1. The predicted molar refractivity (Wildman–Crippen MR) is 68.4 cm³/mol. The molecule has 1 aromatic rings. The van der Waals surface area contributed by atoms with E-state index in [1.54, 1.807) is 0 Å². The van der Waals surface area contributed by atoms with Gasteiger partial charge in [0.05, 0.1) is 0 Å². The molecule has 0 aliphatic rings. The molecule has 3 N–H and O–H groups in total. The second-order valence-corrected chi connectivity index (χ2v) is 4.80. The lowest BCUT2D eigenvalue weighted by Crippen LogP contribution is -2.28. The number of hydrazine groups is 1. The highest BCUT2D eigenvalue weighted by atomic mass is 79.9. The molecule has 1 aromatic carbocycles. The van der Waals surface area contributed by atoms with Gasteiger partial charge < -0.3 is 0 Å². The number of halogens is 1. The number of benzene rings is 1. The molecule has 0 aliphatic carbocycles. The third kappa shape index (κ3) is 3.45. The number of aryl methyl sites for hydroxylation is 1. The van der Waals surface area contributed by atoms with E-state index in [0.29, 0.717) is 0 Å². The number of hydrogen-bond donors (Lipinski definition) is 2. The quantitative estimate of drug-likeness (QED) is 0.500. The first-order chi connectivity index (χ1) is 7.04. The summed E-state index contributed by atoms with van der Waals surface area (Å²) in [5.41, 5.74) is 6.41. The van der Waals surface area contributed by atoms with Gasteiger partial charge in [0.2, 0.25) is 0 Å². The zero-order valence-corrected chi connectivity index (χ0v) is 10.8. The first-order valence-electron chi connectivity index (χ1n) is 4.91. The Bertz CT molecular complexity index is 361. The molecule has 0 saturated carbocycles. The Labute approximate surface area is 99.7 Å². The molecule has 0 amide bonds. The second-order valence-electron chi connectivity index (χ2n) is 3.88. The number of hydrogen-bond acceptors (Lipinski definition) is 2. The molecular weight excluding hydrogens is 252 g/mol. The summed E-state index contributed by atoms with van der Waals surface area (Å²) in [5, 5.41) is 0. The Morgan fingerprint density at radius 2 is 2.27 bits per heavy atom. The molecule has 0 bridgehead atoms. The number of nitrogens with one attached hydrogen (secondary N) is 1. The van der Waals surface area contributed by atoms with Gasteiger partial charge in [0.1, 0.15) is 0 Å². The van der Waals surface area contributed by atoms with E-state index < -0.39 is 0 Å². The molecule has 0 heterocycles. The van der Waals surface area contributed by atoms with Crippen molar-refractivity contribution in [1.29, 1.82) is 0 Å². The molecule has 0 saturated heterocycles. The minimum atomic E-state index is 0.139. The molecule has 0 aliphatic heterocycles. The van der Waals surface area contributed by atoms with Crippen LogP contribution in [0.15, 0.2) is 34.8 Å². The first kappa shape index (κ1) is 12.4. The average molecular weight is 269 g/mol. The maximum atomic E-state index is 5.57. The summed E-state index contributed by atoms with van der Waals surface area (Å²) < 4.78 is 1.07. The fraction of sp³-hybridized carbons (Fsp3) is 0.333. The average Bonchev–Trinajstić information content (AvgIpc) is 2.18. The molecule has 15 heavy (non-hydrogen) atoms. The van der Waals surface area contributed by atoms with Crippen LogP contribution in [0.3, 0.4) is 0 Å². The highest BCUT2D eigenvalue weighted by molar-refractivity contribution is 9.10. The van der Waals surface area contributed by atoms with Crippen LogP contribution >= 0.6 is 15.9 Å². The summed E-state index contributed by atoms with van der Waals surface area (Å²) in [7, 11) is 0. The largest absolute Gasteiger partial charge is 0.271 e. The van der Waals surface area contributed by atoms with E-state index in [1.807, 2.05) is 13.0 Å². The van der Waals surface area contributed by atoms with Crippen LogP contribution in [-0.2, 0) is 0 Å². The van der Waals surface area contributed by atoms with E-state index in [9.17, 15) is 0 Å². The van der Waals surface area contributed by atoms with Gasteiger partial charge in [0.25, 0.3) is 0 Å². The van der Waals surface area contributed by atoms with Crippen molar-refractivity contribution in [2.24, 2.45) is 5.84 Å². The summed E-state index contributed by atoms with van der Waals surface area (Å²) in [6.07, 6.45) is 0.855. The summed E-state index contributed by atoms with van der Waals surface area (Å²) in [6, 6.07) is 6.36. The molecule has 0 radical (unpaired) electrons. The lowest BCUT2D eigenvalue weighted by molar-refractivity contribution is 0.547. The summed E-state index contributed by atoms with van der Waals surface area (Å²) in [6.45, 7) is 8.01. The van der Waals surface area contributed by atoms with E-state index >= 15 is 0 Å². The molecule has 1 rings (SSSR count). The van der Waals surface area contributed by atoms with E-state index in [2.05, 4.69) is 47.0 Å². The molecule has 1 atom stereocenters. The van der Waals surface area contributed by atoms with Gasteiger partial charge >= 0.3 is 0 Å². The lowest BCUT2D eigenvalue weighted by atomic mass is 9.97. The Kier molecular flexibility index (Phi) is 4.51. The van der Waals surface area contributed by atoms with Gasteiger partial charge in [-0.15, -0.1) is 6.58 Å². The topological polar surface area (TPSA) is 38.0 Å². The van der Waals surface area contributed by atoms with Gasteiger partial charge in [0, 0.05) is 10.5 Å². The molecule has 3 heteroatoms. The third-order valence-electron chi connectivity index (χ3n) is 2.37. The molecule has 1 unspecified atom stereocenters. The van der Waals surface area contributed by atoms with Crippen molar-refractivity contribution in [2.75, 3.05) is 0 Å². The first-order valence-corrected chi connectivity index (χ1v) is 5.70. The van der Waals surface area contributed by atoms with E-state index in [4.69, 9.17) is 5.84 Å². The molecule has 2 nitrogen and oxygen atoms in total. The van der Waals surface area contributed by atoms with Crippen LogP contribution in [0.25, 0.3) is 0 Å². The van der Waals surface area contributed by atoms with Crippen LogP contribution in [0.5, 0.6) is 0 Å². The Morgan fingerprint density at radius 3 is 2.80 bits per heavy atom. The van der Waals surface area contributed by atoms with Crippen LogP contribution in [-0.4, -0.2) is 0 Å². The van der Waals surface area contributed by atoms with Crippen LogP contribution in [0, 0.1) is 6.92 Å². The van der Waals surface area contributed by atoms with Crippen molar-refractivity contribution < 1.29 is 0 Å². The van der Waals surface area contributed by atoms with Crippen molar-refractivity contribution in [2.45, 2.75) is 26.3 Å². The highest BCUT2D eigenvalue weighted by Crippen LogP contribution is 2.25. The van der Waals surface area contributed by atoms with Gasteiger partial charge in [0.15, 0.2) is 0 Å². The Hall–Kier alpha value is -0.640. The SMILES string of the molecule is C=C(C)CC(NN)c1cc(Br)ccc1C. The van der Waals surface area contributed by atoms with Crippen LogP contribution in [0.2, 0.25) is 0 Å². The minimum Gasteiger partial charge on any atom is -0.271 e. The fourth-order valence-electron chi connectivity index (χ4n) is 1.59. The van der Waals surface area contributed by atoms with Crippen molar-refractivity contribution in [3.8, 4) is 0 Å². The predicted octanol–water partition coefficient (Wildman–Crippen LogP) is 3.23. The third-order valence-corrected chi connectivity index (χ3v) is 2.86. The van der Waals surface area contributed by atoms with E-state index in [-0.39, 0.29) is 6.04 Å². The smallest absolute Gasteiger partial charge is 0.0499 e. The van der Waals surface area contributed by atoms with Crippen molar-refractivity contribution in [1.82, 2.24) is 5.43 Å². The van der Waals surface area contributed by atoms with Crippen molar-refractivity contribution >= 4 is 15.9 Å². The summed E-state index contributed by atoms with van der Waals surface area (Å²) in [5.74, 6) is 5.57. The molecule has 82 valence electrons. The second kappa shape index (κ2) is 5.45. The molecule has 0 aromatic heterocycles. The van der Waals surface area contributed by atoms with Gasteiger partial charge in [-0.2, -0.15) is 0 Å². The summed E-state index contributed by atoms with van der Waals surface area (Å²) >= 11 is 3.47. The van der Waals surface area contributed by atoms with Gasteiger partial charge in [-0.1, -0.05) is 27.6 Å². The highest BCUT2D eigenvalue weighted by Gasteiger charge is 2.12. The Morgan fingerprint density at radius 1 is 1.60 bits per heavy atom. The molecular formula is C12H17BrN2. The van der Waals surface area contributed by atoms with E-state index in [0.717, 1.165) is 16.5 Å². The molecule has 0 spiro atoms. The number of rotatable bonds is 4. The maximum Gasteiger partial charge on any atom is 0.0499 e. The van der Waals surface area contributed by atoms with Crippen LogP contribution in [0.4, 0.5) is 0 Å². The van der Waals surface area contributed by atoms with Gasteiger partial charge in [-0.25, -0.2) is 0 Å². The monoisotopic (exact) mass is 268 g/mol. The fourth-order valence-corrected chi connectivity index (χ4v) is 1.97. The van der Waals surface area contributed by atoms with Crippen LogP contribution in [0.1, 0.15) is 30.5 Å². The summed E-state index contributed by atoms with van der Waals surface area (Å²) in [4.78, 5) is 0. The molecule has 0 fully saturated rings. The minimum absolute atomic E-state index is 0.139. The normalized spacial score (nSPS) is 12.5. The van der Waals surface area contributed by atoms with Crippen LogP contribution < -0.4 is 11.3 Å². The lowest BCUT2D eigenvalue weighted by Gasteiger charge is -2.18. The Balaban J connectivity index is 3.00. The van der Waals surface area contributed by atoms with E-state index in [1.165, 1.54) is 11.1 Å². The zero-order chi connectivity index (χ0) is 11.4. The maximum absolute atomic E-state index is 5.57. The van der Waals surface area contributed by atoms with Gasteiger partial charge in [-0.3, -0.25) is 11.3 Å². The van der Waals surface area contributed by atoms with Crippen molar-refractivity contribution in [3.63, 3.8) is 0 Å². The van der Waals surface area contributed by atoms with Crippen molar-refractivity contribution in [3.05, 3.63) is 46.0 Å². The zero-order valence-electron chi connectivity index (χ0n) is 9.18. The van der Waals surface area contributed by atoms with Gasteiger partial charge in [-0.05, 0) is 43.5 Å². The standard InChI is InChI=1S/C12H17BrN2/c1-8(2)6-12(15-14)11-7-10(13)5-4-9(11)3/h4-5,7,12,15H,1,6,14H2,2-3H3.